The third-order valence-electron chi connectivity index (χ3n) is 2.76. The number of aliphatic carboxylic acids is 1. The molecule has 0 saturated carbocycles. The second-order valence-electron chi connectivity index (χ2n) is 3.59. The van der Waals surface area contributed by atoms with E-state index in [4.69, 9.17) is 9.84 Å². The van der Waals surface area contributed by atoms with E-state index in [-0.39, 0.29) is 17.9 Å². The van der Waals surface area contributed by atoms with Gasteiger partial charge in [0.2, 0.25) is 5.91 Å². The second-order valence-corrected chi connectivity index (χ2v) is 3.59. The van der Waals surface area contributed by atoms with Crippen LogP contribution >= 0.6 is 0 Å². The van der Waals surface area contributed by atoms with Gasteiger partial charge in [-0.3, -0.25) is 4.79 Å². The molecule has 0 aromatic carbocycles. The molecule has 0 aliphatic carbocycles. The highest BCUT2D eigenvalue weighted by Crippen LogP contribution is 2.26. The van der Waals surface area contributed by atoms with Gasteiger partial charge in [-0.25, -0.2) is 4.79 Å². The van der Waals surface area contributed by atoms with E-state index in [2.05, 4.69) is 0 Å². The molecule has 0 spiro atoms. The van der Waals surface area contributed by atoms with E-state index >= 15 is 0 Å². The van der Waals surface area contributed by atoms with Crippen molar-refractivity contribution in [1.82, 2.24) is 4.90 Å². The quantitative estimate of drug-likeness (QED) is 0.680. The lowest BCUT2D eigenvalue weighted by molar-refractivity contribution is -0.148. The van der Waals surface area contributed by atoms with Gasteiger partial charge in [-0.05, 0) is 0 Å². The van der Waals surface area contributed by atoms with Gasteiger partial charge in [-0.2, -0.15) is 0 Å². The zero-order valence-corrected chi connectivity index (χ0v) is 8.56. The first-order valence-electron chi connectivity index (χ1n) is 4.51. The second kappa shape index (κ2) is 3.96. The average Bonchev–Trinajstić information content (AvgIpc) is 2.42. The third kappa shape index (κ3) is 1.72. The van der Waals surface area contributed by atoms with Gasteiger partial charge in [-0.15, -0.1) is 0 Å². The van der Waals surface area contributed by atoms with E-state index in [0.717, 1.165) is 0 Å². The van der Waals surface area contributed by atoms with Crippen molar-refractivity contribution in [2.45, 2.75) is 26.0 Å². The Balaban J connectivity index is 2.87. The molecule has 5 heteroatoms. The van der Waals surface area contributed by atoms with Crippen LogP contribution in [0.4, 0.5) is 0 Å². The molecule has 1 amide bonds. The molecule has 0 aromatic heterocycles. The summed E-state index contributed by atoms with van der Waals surface area (Å²) in [4.78, 5) is 23.5. The lowest BCUT2D eigenvalue weighted by Gasteiger charge is -2.20. The maximum Gasteiger partial charge on any atom is 0.326 e. The lowest BCUT2D eigenvalue weighted by atomic mass is 10.0. The molecule has 80 valence electrons. The third-order valence-corrected chi connectivity index (χ3v) is 2.76. The van der Waals surface area contributed by atoms with Crippen molar-refractivity contribution in [2.24, 2.45) is 5.92 Å². The number of carbonyl (C=O) groups excluding carboxylic acids is 1. The molecule has 1 unspecified atom stereocenters. The number of hydrogen-bond donors (Lipinski definition) is 1. The number of nitrogens with zero attached hydrogens (tertiary/aromatic N) is 1. The predicted octanol–water partition coefficient (Wildman–Crippen LogP) is -0.0472. The van der Waals surface area contributed by atoms with Crippen LogP contribution in [0.15, 0.2) is 0 Å². The Morgan fingerprint density at radius 3 is 2.36 bits per heavy atom. The highest BCUT2D eigenvalue weighted by Gasteiger charge is 2.44. The summed E-state index contributed by atoms with van der Waals surface area (Å²) in [6.45, 7) is 3.53. The van der Waals surface area contributed by atoms with E-state index in [1.54, 1.807) is 6.92 Å². The number of methoxy groups -OCH3 is 1. The fraction of sp³-hybridized carbons (Fsp3) is 0.778. The largest absolute Gasteiger partial charge is 0.480 e. The van der Waals surface area contributed by atoms with Crippen LogP contribution in [0.25, 0.3) is 0 Å². The Morgan fingerprint density at radius 1 is 1.50 bits per heavy atom. The average molecular weight is 201 g/mol. The topological polar surface area (TPSA) is 66.8 Å². The Labute approximate surface area is 82.6 Å². The van der Waals surface area contributed by atoms with Crippen molar-refractivity contribution in [3.05, 3.63) is 0 Å². The van der Waals surface area contributed by atoms with E-state index in [1.807, 2.05) is 0 Å². The van der Waals surface area contributed by atoms with Crippen molar-refractivity contribution in [2.75, 3.05) is 13.7 Å². The van der Waals surface area contributed by atoms with Crippen molar-refractivity contribution in [1.29, 1.82) is 0 Å². The zero-order chi connectivity index (χ0) is 10.9. The van der Waals surface area contributed by atoms with Crippen LogP contribution in [0.3, 0.4) is 0 Å². The molecule has 1 heterocycles. The summed E-state index contributed by atoms with van der Waals surface area (Å²) in [5.74, 6) is -1.35. The summed E-state index contributed by atoms with van der Waals surface area (Å²) >= 11 is 0. The number of carboxylic acids is 1. The van der Waals surface area contributed by atoms with Crippen molar-refractivity contribution < 1.29 is 19.4 Å². The van der Waals surface area contributed by atoms with Crippen LogP contribution < -0.4 is 0 Å². The van der Waals surface area contributed by atoms with Crippen LogP contribution in [0.5, 0.6) is 0 Å². The molecule has 1 fully saturated rings. The van der Waals surface area contributed by atoms with Gasteiger partial charge in [0.15, 0.2) is 0 Å². The minimum atomic E-state index is -0.966. The molecule has 1 saturated heterocycles. The molecular weight excluding hydrogens is 186 g/mol. The minimum Gasteiger partial charge on any atom is -0.480 e. The Kier molecular flexibility index (Phi) is 3.10. The van der Waals surface area contributed by atoms with Crippen LogP contribution in [-0.4, -0.2) is 47.7 Å². The number of rotatable bonds is 2. The number of amides is 1. The summed E-state index contributed by atoms with van der Waals surface area (Å²) in [5.41, 5.74) is 0. The zero-order valence-electron chi connectivity index (χ0n) is 8.56. The molecule has 0 aromatic rings. The number of carboxylic acid groups (broad SMARTS) is 1. The summed E-state index contributed by atoms with van der Waals surface area (Å²) in [6.07, 6.45) is -0.181. The molecular formula is C9H15NO4. The SMILES string of the molecule is CO[C@H]1CN(C(C)=O)[C@H](C(=O)O)C1C. The Hall–Kier alpha value is -1.10. The standard InChI is InChI=1S/C9H15NO4/c1-5-7(14-3)4-10(6(2)11)8(5)9(12)13/h5,7-8H,4H2,1-3H3,(H,12,13)/t5?,7-,8-/m0/s1. The van der Waals surface area contributed by atoms with E-state index in [9.17, 15) is 9.59 Å². The van der Waals surface area contributed by atoms with Crippen LogP contribution in [0.2, 0.25) is 0 Å². The molecule has 0 radical (unpaired) electrons. The summed E-state index contributed by atoms with van der Waals surface area (Å²) in [7, 11) is 1.53. The maximum absolute atomic E-state index is 11.2. The number of ether oxygens (including phenoxy) is 1. The normalized spacial score (nSPS) is 31.9. The number of hydrogen-bond acceptors (Lipinski definition) is 3. The summed E-state index contributed by atoms with van der Waals surface area (Å²) in [5, 5.41) is 8.97. The van der Waals surface area contributed by atoms with Crippen LogP contribution in [0.1, 0.15) is 13.8 Å². The first-order valence-corrected chi connectivity index (χ1v) is 4.51. The van der Waals surface area contributed by atoms with Gasteiger partial charge in [0.25, 0.3) is 0 Å². The van der Waals surface area contributed by atoms with Gasteiger partial charge in [0.1, 0.15) is 6.04 Å². The highest BCUT2D eigenvalue weighted by atomic mass is 16.5. The van der Waals surface area contributed by atoms with Gasteiger partial charge in [-0.1, -0.05) is 6.92 Å². The Bertz CT molecular complexity index is 253. The molecule has 5 nitrogen and oxygen atoms in total. The van der Waals surface area contributed by atoms with Gasteiger partial charge < -0.3 is 14.7 Å². The molecule has 1 aliphatic heterocycles. The van der Waals surface area contributed by atoms with Crippen molar-refractivity contribution in [3.63, 3.8) is 0 Å². The fourth-order valence-corrected chi connectivity index (χ4v) is 1.93. The smallest absolute Gasteiger partial charge is 0.326 e. The molecule has 1 N–H and O–H groups in total. The fourth-order valence-electron chi connectivity index (χ4n) is 1.93. The lowest BCUT2D eigenvalue weighted by Crippen LogP contribution is -2.41. The highest BCUT2D eigenvalue weighted by molar-refractivity contribution is 5.83. The van der Waals surface area contributed by atoms with Crippen molar-refractivity contribution >= 4 is 11.9 Å². The van der Waals surface area contributed by atoms with Gasteiger partial charge in [0.05, 0.1) is 6.10 Å². The van der Waals surface area contributed by atoms with Crippen LogP contribution in [-0.2, 0) is 14.3 Å². The van der Waals surface area contributed by atoms with E-state index in [1.165, 1.54) is 18.9 Å². The number of carbonyl (C=O) groups is 2. The van der Waals surface area contributed by atoms with Crippen LogP contribution in [0, 0.1) is 5.92 Å². The van der Waals surface area contributed by atoms with Gasteiger partial charge in [0, 0.05) is 26.5 Å². The summed E-state index contributed by atoms with van der Waals surface area (Å²) in [6, 6.07) is -0.752. The van der Waals surface area contributed by atoms with E-state index in [0.29, 0.717) is 6.54 Å². The molecule has 1 rings (SSSR count). The Morgan fingerprint density at radius 2 is 2.07 bits per heavy atom. The predicted molar refractivity (Wildman–Crippen MR) is 48.8 cm³/mol. The maximum atomic E-state index is 11.2. The summed E-state index contributed by atoms with van der Waals surface area (Å²) < 4.78 is 5.13. The molecule has 1 aliphatic rings. The first-order chi connectivity index (χ1) is 6.49. The van der Waals surface area contributed by atoms with E-state index < -0.39 is 12.0 Å². The van der Waals surface area contributed by atoms with Gasteiger partial charge >= 0.3 is 5.97 Å². The molecule has 14 heavy (non-hydrogen) atoms. The monoisotopic (exact) mass is 201 g/mol. The van der Waals surface area contributed by atoms with Crippen molar-refractivity contribution in [3.8, 4) is 0 Å². The minimum absolute atomic E-state index is 0.165. The molecule has 0 bridgehead atoms. The first kappa shape index (κ1) is 11.0. The number of likely N-dealkylation sites (tertiary alicyclic amines) is 1. The molecule has 3 atom stereocenters.